The normalized spacial score (nSPS) is 20.0. The maximum Gasteiger partial charge on any atom is 0.253 e. The predicted molar refractivity (Wildman–Crippen MR) is 95.4 cm³/mol. The van der Waals surface area contributed by atoms with E-state index in [1.807, 2.05) is 31.2 Å². The van der Waals surface area contributed by atoms with Crippen molar-refractivity contribution in [3.05, 3.63) is 29.8 Å². The van der Waals surface area contributed by atoms with Crippen LogP contribution in [0, 0.1) is 0 Å². The third-order valence-electron chi connectivity index (χ3n) is 4.47. The Kier molecular flexibility index (Phi) is 6.79. The van der Waals surface area contributed by atoms with Gasteiger partial charge in [0.1, 0.15) is 17.1 Å². The first-order valence-corrected chi connectivity index (χ1v) is 8.74. The van der Waals surface area contributed by atoms with E-state index in [9.17, 15) is 4.79 Å². The minimum absolute atomic E-state index is 0.0177. The van der Waals surface area contributed by atoms with Gasteiger partial charge in [0.2, 0.25) is 0 Å². The summed E-state index contributed by atoms with van der Waals surface area (Å²) in [6.45, 7) is 5.18. The van der Waals surface area contributed by atoms with Crippen LogP contribution in [0.15, 0.2) is 29.3 Å². The lowest BCUT2D eigenvalue weighted by atomic mass is 9.93. The summed E-state index contributed by atoms with van der Waals surface area (Å²) in [4.78, 5) is 17.0. The number of ether oxygens (including phenoxy) is 2. The Bertz CT molecular complexity index is 568. The molecule has 1 N–H and O–H groups in total. The molecule has 1 aromatic rings. The lowest BCUT2D eigenvalue weighted by Gasteiger charge is -2.21. The fourth-order valence-electron chi connectivity index (χ4n) is 2.79. The number of carbonyl (C=O) groups excluding carboxylic acids is 1. The highest BCUT2D eigenvalue weighted by Gasteiger charge is 2.41. The van der Waals surface area contributed by atoms with Crippen LogP contribution in [0.25, 0.3) is 0 Å². The molecule has 1 aromatic carbocycles. The number of rotatable bonds is 10. The summed E-state index contributed by atoms with van der Waals surface area (Å²) in [5.74, 6) is 1.68. The molecule has 1 atom stereocenters. The molecule has 0 saturated carbocycles. The molecular weight excluding hydrogens is 304 g/mol. The van der Waals surface area contributed by atoms with Crippen molar-refractivity contribution in [3.63, 3.8) is 0 Å². The molecule has 24 heavy (non-hydrogen) atoms. The SMILES string of the molecule is CCCCC1=NC(CC)(CCOCc2ccc(OC)cc2)C(=O)N1. The zero-order valence-corrected chi connectivity index (χ0v) is 14.9. The quantitative estimate of drug-likeness (QED) is 0.667. The van der Waals surface area contributed by atoms with Crippen molar-refractivity contribution in [1.82, 2.24) is 5.32 Å². The van der Waals surface area contributed by atoms with Crippen molar-refractivity contribution in [2.24, 2.45) is 4.99 Å². The van der Waals surface area contributed by atoms with Crippen molar-refractivity contribution < 1.29 is 14.3 Å². The highest BCUT2D eigenvalue weighted by atomic mass is 16.5. The van der Waals surface area contributed by atoms with Gasteiger partial charge in [-0.3, -0.25) is 9.79 Å². The van der Waals surface area contributed by atoms with Gasteiger partial charge >= 0.3 is 0 Å². The average molecular weight is 332 g/mol. The summed E-state index contributed by atoms with van der Waals surface area (Å²) in [5.41, 5.74) is 0.438. The van der Waals surface area contributed by atoms with Gasteiger partial charge in [-0.1, -0.05) is 32.4 Å². The molecule has 1 amide bonds. The molecule has 1 aliphatic rings. The van der Waals surface area contributed by atoms with Crippen LogP contribution in [0.1, 0.15) is 51.5 Å². The van der Waals surface area contributed by atoms with Crippen molar-refractivity contribution in [2.45, 2.75) is 58.1 Å². The zero-order valence-electron chi connectivity index (χ0n) is 14.9. The molecule has 5 nitrogen and oxygen atoms in total. The maximum atomic E-state index is 12.3. The number of unbranched alkanes of at least 4 members (excludes halogenated alkanes) is 1. The van der Waals surface area contributed by atoms with Gasteiger partial charge in [0.05, 0.1) is 13.7 Å². The molecule has 1 unspecified atom stereocenters. The summed E-state index contributed by atoms with van der Waals surface area (Å²) in [6.07, 6.45) is 4.30. The van der Waals surface area contributed by atoms with Crippen LogP contribution in [0.2, 0.25) is 0 Å². The van der Waals surface area contributed by atoms with Gasteiger partial charge in [0, 0.05) is 19.4 Å². The number of carbonyl (C=O) groups is 1. The van der Waals surface area contributed by atoms with Crippen LogP contribution in [0.5, 0.6) is 5.75 Å². The topological polar surface area (TPSA) is 59.9 Å². The summed E-state index contributed by atoms with van der Waals surface area (Å²) in [6, 6.07) is 7.80. The first kappa shape index (κ1) is 18.5. The van der Waals surface area contributed by atoms with Crippen molar-refractivity contribution in [2.75, 3.05) is 13.7 Å². The van der Waals surface area contributed by atoms with E-state index in [1.165, 1.54) is 0 Å². The summed E-state index contributed by atoms with van der Waals surface area (Å²) in [5, 5.41) is 2.94. The molecule has 0 fully saturated rings. The number of amidine groups is 1. The summed E-state index contributed by atoms with van der Waals surface area (Å²) in [7, 11) is 1.65. The van der Waals surface area contributed by atoms with Crippen molar-refractivity contribution in [1.29, 1.82) is 0 Å². The van der Waals surface area contributed by atoms with Gasteiger partial charge in [-0.25, -0.2) is 0 Å². The molecule has 0 bridgehead atoms. The third-order valence-corrected chi connectivity index (χ3v) is 4.47. The standard InChI is InChI=1S/C19H28N2O3/c1-4-6-7-17-20-18(22)19(5-2,21-17)12-13-24-14-15-8-10-16(23-3)11-9-15/h8-11H,4-7,12-14H2,1-3H3,(H,20,21,22). The number of nitrogens with zero attached hydrogens (tertiary/aromatic N) is 1. The molecule has 5 heteroatoms. The van der Waals surface area contributed by atoms with Gasteiger partial charge < -0.3 is 14.8 Å². The van der Waals surface area contributed by atoms with E-state index in [0.29, 0.717) is 26.1 Å². The van der Waals surface area contributed by atoms with Crippen LogP contribution < -0.4 is 10.1 Å². The molecule has 0 aliphatic carbocycles. The van der Waals surface area contributed by atoms with Crippen LogP contribution in [0.4, 0.5) is 0 Å². The van der Waals surface area contributed by atoms with Crippen molar-refractivity contribution in [3.8, 4) is 5.75 Å². The lowest BCUT2D eigenvalue weighted by Crippen LogP contribution is -2.40. The van der Waals surface area contributed by atoms with Crippen LogP contribution >= 0.6 is 0 Å². The number of aliphatic imine (C=N–C) groups is 1. The predicted octanol–water partition coefficient (Wildman–Crippen LogP) is 3.47. The Morgan fingerprint density at radius 3 is 2.58 bits per heavy atom. The number of nitrogens with one attached hydrogen (secondary N) is 1. The summed E-state index contributed by atoms with van der Waals surface area (Å²) < 4.78 is 10.9. The fourth-order valence-corrected chi connectivity index (χ4v) is 2.79. The Morgan fingerprint density at radius 2 is 1.96 bits per heavy atom. The van der Waals surface area contributed by atoms with Gasteiger partial charge in [0.25, 0.3) is 5.91 Å². The highest BCUT2D eigenvalue weighted by Crippen LogP contribution is 2.26. The number of amides is 1. The molecule has 1 heterocycles. The Balaban J connectivity index is 1.84. The molecule has 0 aromatic heterocycles. The molecule has 1 aliphatic heterocycles. The second-order valence-corrected chi connectivity index (χ2v) is 6.15. The van der Waals surface area contributed by atoms with E-state index >= 15 is 0 Å². The molecule has 0 saturated heterocycles. The Hall–Kier alpha value is -1.88. The second kappa shape index (κ2) is 8.83. The highest BCUT2D eigenvalue weighted by molar-refractivity contribution is 6.08. The van der Waals surface area contributed by atoms with Gasteiger partial charge in [-0.05, 0) is 30.5 Å². The van der Waals surface area contributed by atoms with Gasteiger partial charge in [0.15, 0.2) is 0 Å². The molecule has 0 spiro atoms. The van der Waals surface area contributed by atoms with Gasteiger partial charge in [-0.2, -0.15) is 0 Å². The number of methoxy groups -OCH3 is 1. The van der Waals surface area contributed by atoms with E-state index in [2.05, 4.69) is 17.2 Å². The third kappa shape index (κ3) is 4.57. The number of hydrogen-bond acceptors (Lipinski definition) is 4. The number of benzene rings is 1. The molecule has 2 rings (SSSR count). The second-order valence-electron chi connectivity index (χ2n) is 6.15. The Labute approximate surface area is 144 Å². The first-order chi connectivity index (χ1) is 11.6. The average Bonchev–Trinajstić information content (AvgIpc) is 2.93. The van der Waals surface area contributed by atoms with E-state index < -0.39 is 5.54 Å². The minimum atomic E-state index is -0.650. The minimum Gasteiger partial charge on any atom is -0.497 e. The lowest BCUT2D eigenvalue weighted by molar-refractivity contribution is -0.124. The van der Waals surface area contributed by atoms with Crippen LogP contribution in [0.3, 0.4) is 0 Å². The van der Waals surface area contributed by atoms with E-state index in [1.54, 1.807) is 7.11 Å². The largest absolute Gasteiger partial charge is 0.497 e. The molecule has 132 valence electrons. The fraction of sp³-hybridized carbons (Fsp3) is 0.579. The van der Waals surface area contributed by atoms with Crippen molar-refractivity contribution >= 4 is 11.7 Å². The van der Waals surface area contributed by atoms with E-state index in [-0.39, 0.29) is 5.91 Å². The molecular formula is C19H28N2O3. The summed E-state index contributed by atoms with van der Waals surface area (Å²) >= 11 is 0. The molecule has 0 radical (unpaired) electrons. The van der Waals surface area contributed by atoms with Crippen LogP contribution in [-0.2, 0) is 16.1 Å². The smallest absolute Gasteiger partial charge is 0.253 e. The van der Waals surface area contributed by atoms with Crippen LogP contribution in [-0.4, -0.2) is 31.0 Å². The number of hydrogen-bond donors (Lipinski definition) is 1. The van der Waals surface area contributed by atoms with E-state index in [4.69, 9.17) is 9.47 Å². The first-order valence-electron chi connectivity index (χ1n) is 8.74. The van der Waals surface area contributed by atoms with E-state index in [0.717, 1.165) is 36.4 Å². The maximum absolute atomic E-state index is 12.3. The Morgan fingerprint density at radius 1 is 1.21 bits per heavy atom. The van der Waals surface area contributed by atoms with Gasteiger partial charge in [-0.15, -0.1) is 0 Å². The monoisotopic (exact) mass is 332 g/mol. The zero-order chi connectivity index (χ0) is 17.4.